The lowest BCUT2D eigenvalue weighted by Crippen LogP contribution is -2.56. The number of hydrogen-bond acceptors (Lipinski definition) is 5. The molecule has 1 N–H and O–H groups in total. The highest BCUT2D eigenvalue weighted by molar-refractivity contribution is 5.95. The molecule has 3 amide bonds. The highest BCUT2D eigenvalue weighted by Crippen LogP contribution is 2.36. The molecular weight excluding hydrogens is 344 g/mol. The Hall–Kier alpha value is -1.47. The van der Waals surface area contributed by atoms with E-state index in [1.54, 1.807) is 0 Å². The minimum atomic E-state index is -0.300. The number of carbonyl (C=O) groups excluding carboxylic acids is 3. The van der Waals surface area contributed by atoms with Gasteiger partial charge in [-0.15, -0.1) is 0 Å². The summed E-state index contributed by atoms with van der Waals surface area (Å²) in [6.07, 6.45) is 3.61. The van der Waals surface area contributed by atoms with Crippen molar-refractivity contribution < 1.29 is 14.4 Å². The third-order valence-corrected chi connectivity index (χ3v) is 5.85. The highest BCUT2D eigenvalue weighted by atomic mass is 16.2. The Bertz CT molecular complexity index is 537. The number of imide groups is 1. The maximum Gasteiger partial charge on any atom is 0.324 e. The Balaban J connectivity index is 2.09. The first-order valence-electron chi connectivity index (χ1n) is 10.4. The SMILES string of the molecule is CCNC(=O)N(CCCN(C)C)C(=O)[C@@H]1C[C@@H]2CC(=O)CC[C@H]2N(CC)C1. The van der Waals surface area contributed by atoms with Crippen molar-refractivity contribution in [3.05, 3.63) is 0 Å². The topological polar surface area (TPSA) is 73.0 Å². The molecule has 0 bridgehead atoms. The number of hydrogen-bond donors (Lipinski definition) is 1. The predicted molar refractivity (Wildman–Crippen MR) is 105 cm³/mol. The zero-order valence-corrected chi connectivity index (χ0v) is 17.4. The van der Waals surface area contributed by atoms with Gasteiger partial charge in [0.25, 0.3) is 0 Å². The zero-order chi connectivity index (χ0) is 20.0. The molecule has 0 aromatic carbocycles. The van der Waals surface area contributed by atoms with Crippen LogP contribution in [-0.2, 0) is 9.59 Å². The van der Waals surface area contributed by atoms with Gasteiger partial charge < -0.3 is 10.2 Å². The smallest absolute Gasteiger partial charge is 0.324 e. The summed E-state index contributed by atoms with van der Waals surface area (Å²) in [5, 5.41) is 2.78. The van der Waals surface area contributed by atoms with E-state index in [0.29, 0.717) is 44.3 Å². The van der Waals surface area contributed by atoms with Crippen molar-refractivity contribution in [2.75, 3.05) is 46.8 Å². The van der Waals surface area contributed by atoms with Crippen LogP contribution in [0.2, 0.25) is 0 Å². The summed E-state index contributed by atoms with van der Waals surface area (Å²) in [6, 6.07) is 0.106. The maximum absolute atomic E-state index is 13.2. The molecule has 2 fully saturated rings. The summed E-state index contributed by atoms with van der Waals surface area (Å²) in [5.41, 5.74) is 0. The van der Waals surface area contributed by atoms with Gasteiger partial charge in [-0.05, 0) is 59.3 Å². The number of amides is 3. The fourth-order valence-electron chi connectivity index (χ4n) is 4.52. The van der Waals surface area contributed by atoms with Crippen LogP contribution in [0.15, 0.2) is 0 Å². The van der Waals surface area contributed by atoms with Crippen molar-refractivity contribution in [3.8, 4) is 0 Å². The second-order valence-electron chi connectivity index (χ2n) is 8.11. The Kier molecular flexibility index (Phi) is 8.23. The molecule has 1 saturated carbocycles. The highest BCUT2D eigenvalue weighted by Gasteiger charge is 2.42. The molecule has 7 nitrogen and oxygen atoms in total. The lowest BCUT2D eigenvalue weighted by molar-refractivity contribution is -0.138. The van der Waals surface area contributed by atoms with Crippen molar-refractivity contribution in [2.24, 2.45) is 11.8 Å². The van der Waals surface area contributed by atoms with E-state index in [-0.39, 0.29) is 23.8 Å². The van der Waals surface area contributed by atoms with Gasteiger partial charge in [0.15, 0.2) is 0 Å². The van der Waals surface area contributed by atoms with Crippen LogP contribution in [0, 0.1) is 11.8 Å². The van der Waals surface area contributed by atoms with Crippen molar-refractivity contribution in [2.45, 2.75) is 52.0 Å². The van der Waals surface area contributed by atoms with Crippen LogP contribution in [-0.4, -0.2) is 85.3 Å². The third kappa shape index (κ3) is 5.75. The lowest BCUT2D eigenvalue weighted by Gasteiger charge is -2.46. The van der Waals surface area contributed by atoms with Gasteiger partial charge in [0, 0.05) is 38.5 Å². The normalized spacial score (nSPS) is 26.0. The van der Waals surface area contributed by atoms with E-state index in [1.165, 1.54) is 4.90 Å². The van der Waals surface area contributed by atoms with Gasteiger partial charge in [-0.2, -0.15) is 0 Å². The predicted octanol–water partition coefficient (Wildman–Crippen LogP) is 1.58. The number of rotatable bonds is 7. The second kappa shape index (κ2) is 10.2. The minimum Gasteiger partial charge on any atom is -0.338 e. The fourth-order valence-corrected chi connectivity index (χ4v) is 4.52. The number of likely N-dealkylation sites (tertiary alicyclic amines) is 1. The number of urea groups is 1. The minimum absolute atomic E-state index is 0.0883. The van der Waals surface area contributed by atoms with Gasteiger partial charge in [-0.3, -0.25) is 19.4 Å². The number of Topliss-reactive ketones (excluding diaryl/α,β-unsaturated/α-hetero) is 1. The van der Waals surface area contributed by atoms with E-state index in [2.05, 4.69) is 22.0 Å². The molecule has 0 unspecified atom stereocenters. The standard InChI is InChI=1S/C20H36N4O3/c1-5-21-20(27)24(11-7-10-22(3)4)19(26)16-12-15-13-17(25)8-9-18(15)23(6-2)14-16/h15-16,18H,5-14H2,1-4H3,(H,21,27)/t15-,16-,18-/m1/s1. The first-order chi connectivity index (χ1) is 12.9. The molecule has 3 atom stereocenters. The van der Waals surface area contributed by atoms with Crippen LogP contribution in [0.1, 0.15) is 46.0 Å². The molecule has 0 aromatic heterocycles. The van der Waals surface area contributed by atoms with Gasteiger partial charge in [0.05, 0.1) is 5.92 Å². The molecule has 2 rings (SSSR count). The van der Waals surface area contributed by atoms with Crippen molar-refractivity contribution >= 4 is 17.7 Å². The monoisotopic (exact) mass is 380 g/mol. The van der Waals surface area contributed by atoms with Crippen LogP contribution >= 0.6 is 0 Å². The van der Waals surface area contributed by atoms with Gasteiger partial charge in [0.2, 0.25) is 5.91 Å². The van der Waals surface area contributed by atoms with Gasteiger partial charge >= 0.3 is 6.03 Å². The van der Waals surface area contributed by atoms with Crippen LogP contribution in [0.5, 0.6) is 0 Å². The van der Waals surface area contributed by atoms with Gasteiger partial charge in [-0.25, -0.2) is 4.79 Å². The second-order valence-corrected chi connectivity index (χ2v) is 8.11. The fraction of sp³-hybridized carbons (Fsp3) is 0.850. The van der Waals surface area contributed by atoms with E-state index in [0.717, 1.165) is 32.4 Å². The molecule has 27 heavy (non-hydrogen) atoms. The number of nitrogens with zero attached hydrogens (tertiary/aromatic N) is 3. The first kappa shape index (κ1) is 21.8. The molecule has 0 spiro atoms. The number of ketones is 1. The van der Waals surface area contributed by atoms with Gasteiger partial charge in [-0.1, -0.05) is 6.92 Å². The summed E-state index contributed by atoms with van der Waals surface area (Å²) in [6.45, 7) is 7.29. The zero-order valence-electron chi connectivity index (χ0n) is 17.4. The van der Waals surface area contributed by atoms with E-state index >= 15 is 0 Å². The molecule has 7 heteroatoms. The van der Waals surface area contributed by atoms with Crippen LogP contribution in [0.25, 0.3) is 0 Å². The van der Waals surface area contributed by atoms with E-state index in [1.807, 2.05) is 21.0 Å². The number of carbonyl (C=O) groups is 3. The summed E-state index contributed by atoms with van der Waals surface area (Å²) in [5.74, 6) is 0.257. The Morgan fingerprint density at radius 2 is 1.96 bits per heavy atom. The van der Waals surface area contributed by atoms with Crippen molar-refractivity contribution in [1.82, 2.24) is 20.0 Å². The molecule has 0 aromatic rings. The summed E-state index contributed by atoms with van der Waals surface area (Å²) in [4.78, 5) is 43.5. The molecule has 1 saturated heterocycles. The van der Waals surface area contributed by atoms with E-state index in [4.69, 9.17) is 0 Å². The molecule has 2 aliphatic rings. The Morgan fingerprint density at radius 1 is 1.22 bits per heavy atom. The van der Waals surface area contributed by atoms with E-state index < -0.39 is 0 Å². The van der Waals surface area contributed by atoms with Crippen molar-refractivity contribution in [3.63, 3.8) is 0 Å². The average Bonchev–Trinajstić information content (AvgIpc) is 2.63. The van der Waals surface area contributed by atoms with Crippen LogP contribution in [0.3, 0.4) is 0 Å². The summed E-state index contributed by atoms with van der Waals surface area (Å²) < 4.78 is 0. The largest absolute Gasteiger partial charge is 0.338 e. The summed E-state index contributed by atoms with van der Waals surface area (Å²) in [7, 11) is 3.97. The molecule has 0 radical (unpaired) electrons. The number of nitrogens with one attached hydrogen (secondary N) is 1. The number of piperidine rings is 1. The quantitative estimate of drug-likeness (QED) is 0.726. The third-order valence-electron chi connectivity index (χ3n) is 5.85. The first-order valence-corrected chi connectivity index (χ1v) is 10.4. The summed E-state index contributed by atoms with van der Waals surface area (Å²) >= 11 is 0. The molecule has 154 valence electrons. The van der Waals surface area contributed by atoms with Crippen LogP contribution in [0.4, 0.5) is 4.79 Å². The molecule has 1 aliphatic heterocycles. The molecule has 1 aliphatic carbocycles. The molecular formula is C20H36N4O3. The lowest BCUT2D eigenvalue weighted by atomic mass is 9.74. The number of fused-ring (bicyclic) bond motifs is 1. The average molecular weight is 381 g/mol. The van der Waals surface area contributed by atoms with Crippen molar-refractivity contribution in [1.29, 1.82) is 0 Å². The van der Waals surface area contributed by atoms with Gasteiger partial charge in [0.1, 0.15) is 5.78 Å². The Morgan fingerprint density at radius 3 is 2.59 bits per heavy atom. The van der Waals surface area contributed by atoms with E-state index in [9.17, 15) is 14.4 Å². The maximum atomic E-state index is 13.2. The molecule has 1 heterocycles. The Labute approximate surface area is 163 Å². The van der Waals surface area contributed by atoms with Crippen LogP contribution < -0.4 is 5.32 Å².